The third-order valence-electron chi connectivity index (χ3n) is 5.00. The largest absolute Gasteiger partial charge is 0.480 e. The molecule has 2 atom stereocenters. The Morgan fingerprint density at radius 2 is 1.53 bits per heavy atom. The highest BCUT2D eigenvalue weighted by Gasteiger charge is 2.29. The van der Waals surface area contributed by atoms with Gasteiger partial charge in [-0.05, 0) is 30.4 Å². The van der Waals surface area contributed by atoms with Crippen molar-refractivity contribution in [1.82, 2.24) is 10.8 Å². The molecule has 0 fully saturated rings. The second kappa shape index (κ2) is 14.1. The number of nitrogens with one attached hydrogen (secondary N) is 2. The van der Waals surface area contributed by atoms with Crippen molar-refractivity contribution < 1.29 is 29.4 Å². The summed E-state index contributed by atoms with van der Waals surface area (Å²) < 4.78 is 5.62. The highest BCUT2D eigenvalue weighted by atomic mass is 16.5. The van der Waals surface area contributed by atoms with E-state index < -0.39 is 29.6 Å². The van der Waals surface area contributed by atoms with E-state index in [0.717, 1.165) is 11.1 Å². The van der Waals surface area contributed by atoms with Crippen molar-refractivity contribution in [1.29, 1.82) is 0 Å². The maximum atomic E-state index is 12.7. The fraction of sp³-hybridized carbons (Fsp3) is 0.375. The topological polar surface area (TPSA) is 125 Å². The van der Waals surface area contributed by atoms with Crippen LogP contribution in [-0.4, -0.2) is 47.2 Å². The maximum absolute atomic E-state index is 12.7. The molecule has 4 N–H and O–H groups in total. The van der Waals surface area contributed by atoms with Crippen molar-refractivity contribution in [2.45, 2.75) is 38.3 Å². The number of aliphatic carboxylic acids is 1. The molecule has 0 spiro atoms. The zero-order valence-electron chi connectivity index (χ0n) is 17.9. The van der Waals surface area contributed by atoms with E-state index in [4.69, 9.17) is 9.94 Å². The Kier molecular flexibility index (Phi) is 11.1. The van der Waals surface area contributed by atoms with Gasteiger partial charge in [-0.1, -0.05) is 60.7 Å². The fourth-order valence-corrected chi connectivity index (χ4v) is 3.28. The Labute approximate surface area is 187 Å². The molecule has 2 rings (SSSR count). The smallest absolute Gasteiger partial charge is 0.326 e. The number of unbranched alkanes of at least 4 members (excludes halogenated alkanes) is 1. The van der Waals surface area contributed by atoms with Crippen LogP contribution in [0.15, 0.2) is 60.7 Å². The fourth-order valence-electron chi connectivity index (χ4n) is 3.28. The minimum Gasteiger partial charge on any atom is -0.480 e. The first-order valence-corrected chi connectivity index (χ1v) is 10.6. The van der Waals surface area contributed by atoms with Gasteiger partial charge in [-0.25, -0.2) is 4.79 Å². The molecule has 0 aliphatic carbocycles. The Bertz CT molecular complexity index is 844. The van der Waals surface area contributed by atoms with Crippen LogP contribution in [0.25, 0.3) is 0 Å². The lowest BCUT2D eigenvalue weighted by atomic mass is 9.95. The van der Waals surface area contributed by atoms with E-state index in [1.165, 1.54) is 0 Å². The molecule has 172 valence electrons. The van der Waals surface area contributed by atoms with Crippen molar-refractivity contribution in [3.05, 3.63) is 71.8 Å². The monoisotopic (exact) mass is 442 g/mol. The normalized spacial score (nSPS) is 12.7. The lowest BCUT2D eigenvalue weighted by Gasteiger charge is -2.20. The number of rotatable bonds is 15. The van der Waals surface area contributed by atoms with Gasteiger partial charge in [0.05, 0.1) is 19.1 Å². The van der Waals surface area contributed by atoms with Gasteiger partial charge in [-0.3, -0.25) is 9.59 Å². The van der Waals surface area contributed by atoms with E-state index in [-0.39, 0.29) is 19.4 Å². The second-order valence-electron chi connectivity index (χ2n) is 7.48. The van der Waals surface area contributed by atoms with Crippen LogP contribution in [0.4, 0.5) is 0 Å². The van der Waals surface area contributed by atoms with E-state index in [1.807, 2.05) is 36.4 Å². The van der Waals surface area contributed by atoms with E-state index in [2.05, 4.69) is 5.32 Å². The van der Waals surface area contributed by atoms with E-state index in [1.54, 1.807) is 29.7 Å². The van der Waals surface area contributed by atoms with Gasteiger partial charge in [-0.15, -0.1) is 0 Å². The molecular formula is C24H30N2O6. The lowest BCUT2D eigenvalue weighted by Crippen LogP contribution is -2.47. The zero-order chi connectivity index (χ0) is 23.2. The lowest BCUT2D eigenvalue weighted by molar-refractivity contribution is -0.144. The molecule has 2 aromatic rings. The summed E-state index contributed by atoms with van der Waals surface area (Å²) in [7, 11) is 0. The average Bonchev–Trinajstić information content (AvgIpc) is 2.79. The molecule has 0 heterocycles. The number of hydroxylamine groups is 1. The molecule has 1 amide bonds. The van der Waals surface area contributed by atoms with Crippen LogP contribution >= 0.6 is 0 Å². The van der Waals surface area contributed by atoms with Crippen molar-refractivity contribution >= 4 is 17.7 Å². The van der Waals surface area contributed by atoms with Gasteiger partial charge in [0.1, 0.15) is 6.04 Å². The number of hydrogen-bond donors (Lipinski definition) is 4. The van der Waals surface area contributed by atoms with Crippen molar-refractivity contribution in [3.8, 4) is 0 Å². The molecule has 0 aliphatic rings. The summed E-state index contributed by atoms with van der Waals surface area (Å²) in [5.74, 6) is -3.39. The third-order valence-corrected chi connectivity index (χ3v) is 5.00. The summed E-state index contributed by atoms with van der Waals surface area (Å²) in [5.41, 5.74) is 3.60. The Morgan fingerprint density at radius 1 is 0.906 bits per heavy atom. The van der Waals surface area contributed by atoms with Crippen LogP contribution in [0.1, 0.15) is 30.4 Å². The Morgan fingerprint density at radius 3 is 2.12 bits per heavy atom. The van der Waals surface area contributed by atoms with Crippen LogP contribution in [0.3, 0.4) is 0 Å². The summed E-state index contributed by atoms with van der Waals surface area (Å²) in [6.45, 7) is 0.568. The quantitative estimate of drug-likeness (QED) is 0.190. The van der Waals surface area contributed by atoms with Crippen LogP contribution < -0.4 is 10.8 Å². The van der Waals surface area contributed by atoms with Gasteiger partial charge in [0, 0.05) is 13.0 Å². The molecule has 0 aromatic heterocycles. The minimum atomic E-state index is -1.18. The number of carbonyl (C=O) groups excluding carboxylic acids is 2. The molecule has 0 saturated carbocycles. The van der Waals surface area contributed by atoms with Crippen molar-refractivity contribution in [2.75, 3.05) is 13.2 Å². The molecule has 0 bridgehead atoms. The summed E-state index contributed by atoms with van der Waals surface area (Å²) >= 11 is 0. The molecule has 0 aliphatic heterocycles. The van der Waals surface area contributed by atoms with Gasteiger partial charge in [0.25, 0.3) is 0 Å². The van der Waals surface area contributed by atoms with E-state index in [0.29, 0.717) is 26.1 Å². The highest BCUT2D eigenvalue weighted by molar-refractivity contribution is 6.03. The molecule has 8 nitrogen and oxygen atoms in total. The Balaban J connectivity index is 1.86. The number of benzene rings is 2. The number of hydrogen-bond acceptors (Lipinski definition) is 6. The van der Waals surface area contributed by atoms with Crippen LogP contribution in [0, 0.1) is 5.92 Å². The van der Waals surface area contributed by atoms with Gasteiger partial charge in [0.2, 0.25) is 5.91 Å². The van der Waals surface area contributed by atoms with Gasteiger partial charge in [-0.2, -0.15) is 5.48 Å². The predicted octanol–water partition coefficient (Wildman–Crippen LogP) is 2.35. The van der Waals surface area contributed by atoms with Gasteiger partial charge >= 0.3 is 5.97 Å². The number of ether oxygens (including phenoxy) is 1. The first-order chi connectivity index (χ1) is 15.5. The third kappa shape index (κ3) is 8.97. The summed E-state index contributed by atoms with van der Waals surface area (Å²) in [6.07, 6.45) is 1.52. The Hall–Kier alpha value is -3.07. The molecule has 2 aromatic carbocycles. The standard InChI is InChI=1S/C24H30N2O6/c27-22(16-25-31)20(13-7-8-14-32-17-19-11-5-2-6-12-19)23(28)26-21(24(29)30)15-18-9-3-1-4-10-18/h1-6,9-12,20-21,25,31H,7-8,13-17H2,(H,26,28)(H,29,30)/t20-,21?/m1/s1. The van der Waals surface area contributed by atoms with E-state index >= 15 is 0 Å². The van der Waals surface area contributed by atoms with Crippen molar-refractivity contribution in [3.63, 3.8) is 0 Å². The van der Waals surface area contributed by atoms with Crippen LogP contribution in [0.2, 0.25) is 0 Å². The van der Waals surface area contributed by atoms with Gasteiger partial charge in [0.15, 0.2) is 5.78 Å². The minimum absolute atomic E-state index is 0.106. The molecule has 1 unspecified atom stereocenters. The summed E-state index contributed by atoms with van der Waals surface area (Å²) in [4.78, 5) is 36.7. The number of Topliss-reactive ketones (excluding diaryl/α,β-unsaturated/α-hetero) is 1. The van der Waals surface area contributed by atoms with Crippen LogP contribution in [-0.2, 0) is 32.1 Å². The van der Waals surface area contributed by atoms with Gasteiger partial charge < -0.3 is 20.4 Å². The zero-order valence-corrected chi connectivity index (χ0v) is 17.9. The molecule has 0 radical (unpaired) electrons. The number of ketones is 1. The highest BCUT2D eigenvalue weighted by Crippen LogP contribution is 2.13. The summed E-state index contributed by atoms with van der Waals surface area (Å²) in [5, 5.41) is 20.8. The molecule has 32 heavy (non-hydrogen) atoms. The number of carboxylic acids is 1. The molecule has 8 heteroatoms. The molecular weight excluding hydrogens is 412 g/mol. The first-order valence-electron chi connectivity index (χ1n) is 10.6. The number of carbonyl (C=O) groups is 3. The SMILES string of the molecule is O=C(O)C(Cc1ccccc1)NC(=O)[C@H](CCCCOCc1ccccc1)C(=O)CNO. The van der Waals surface area contributed by atoms with Crippen LogP contribution in [0.5, 0.6) is 0 Å². The average molecular weight is 443 g/mol. The summed E-state index contributed by atoms with van der Waals surface area (Å²) in [6, 6.07) is 17.5. The maximum Gasteiger partial charge on any atom is 0.326 e. The first kappa shape index (κ1) is 25.2. The predicted molar refractivity (Wildman–Crippen MR) is 118 cm³/mol. The van der Waals surface area contributed by atoms with E-state index in [9.17, 15) is 19.5 Å². The van der Waals surface area contributed by atoms with Crippen molar-refractivity contribution in [2.24, 2.45) is 5.92 Å². The second-order valence-corrected chi connectivity index (χ2v) is 7.48. The number of amides is 1. The molecule has 0 saturated heterocycles. The number of carboxylic acid groups (broad SMARTS) is 1.